The monoisotopic (exact) mass is 331 g/mol. The minimum atomic E-state index is -0.456. The number of rotatable bonds is 6. The molecular formula is C17H17NO4S. The van der Waals surface area contributed by atoms with E-state index in [2.05, 4.69) is 17.6 Å². The van der Waals surface area contributed by atoms with Crippen LogP contribution in [-0.2, 0) is 9.53 Å². The second-order valence-corrected chi connectivity index (χ2v) is 5.04. The van der Waals surface area contributed by atoms with E-state index in [9.17, 15) is 9.90 Å². The second-order valence-electron chi connectivity index (χ2n) is 4.56. The van der Waals surface area contributed by atoms with Gasteiger partial charge in [0.15, 0.2) is 6.61 Å². The molecule has 0 radical (unpaired) electrons. The summed E-state index contributed by atoms with van der Waals surface area (Å²) >= 11 is 4.31. The highest BCUT2D eigenvalue weighted by Crippen LogP contribution is 2.25. The lowest BCUT2D eigenvalue weighted by Crippen LogP contribution is -2.14. The summed E-state index contributed by atoms with van der Waals surface area (Å²) < 4.78 is 10.0. The third-order valence-electron chi connectivity index (χ3n) is 2.89. The van der Waals surface area contributed by atoms with E-state index in [-0.39, 0.29) is 12.4 Å². The van der Waals surface area contributed by atoms with Gasteiger partial charge in [-0.3, -0.25) is 4.99 Å². The molecule has 23 heavy (non-hydrogen) atoms. The number of phenolic OH excluding ortho intramolecular Hbond substituents is 1. The molecule has 0 unspecified atom stereocenters. The molecule has 120 valence electrons. The molecule has 0 fully saturated rings. The predicted octanol–water partition coefficient (Wildman–Crippen LogP) is 3.37. The van der Waals surface area contributed by atoms with Gasteiger partial charge in [-0.25, -0.2) is 4.79 Å². The van der Waals surface area contributed by atoms with E-state index >= 15 is 0 Å². The van der Waals surface area contributed by atoms with Gasteiger partial charge in [0.25, 0.3) is 0 Å². The van der Waals surface area contributed by atoms with Crippen molar-refractivity contribution in [1.29, 1.82) is 0 Å². The van der Waals surface area contributed by atoms with Crippen LogP contribution in [0.2, 0.25) is 0 Å². The SMILES string of the molecule is CCOC(=O)COc1ccc(C=Nc2ccccc2S)c(O)c1. The maximum atomic E-state index is 11.2. The number of para-hydroxylation sites is 1. The van der Waals surface area contributed by atoms with Crippen LogP contribution < -0.4 is 4.74 Å². The van der Waals surface area contributed by atoms with Crippen LogP contribution >= 0.6 is 12.6 Å². The van der Waals surface area contributed by atoms with Crippen molar-refractivity contribution < 1.29 is 19.4 Å². The summed E-state index contributed by atoms with van der Waals surface area (Å²) in [4.78, 5) is 16.3. The second kappa shape index (κ2) is 8.24. The Morgan fingerprint density at radius 2 is 2.09 bits per heavy atom. The van der Waals surface area contributed by atoms with Crippen molar-refractivity contribution in [2.75, 3.05) is 13.2 Å². The first-order valence-electron chi connectivity index (χ1n) is 7.03. The van der Waals surface area contributed by atoms with Gasteiger partial charge < -0.3 is 14.6 Å². The molecule has 1 N–H and O–H groups in total. The molecular weight excluding hydrogens is 314 g/mol. The van der Waals surface area contributed by atoms with Crippen molar-refractivity contribution in [3.63, 3.8) is 0 Å². The summed E-state index contributed by atoms with van der Waals surface area (Å²) in [5, 5.41) is 10.0. The number of nitrogens with zero attached hydrogens (tertiary/aromatic N) is 1. The summed E-state index contributed by atoms with van der Waals surface area (Å²) in [5.74, 6) is -0.0722. The number of hydrogen-bond donors (Lipinski definition) is 2. The Morgan fingerprint density at radius 1 is 1.30 bits per heavy atom. The standard InChI is InChI=1S/C17H17NO4S/c1-2-21-17(20)11-22-13-8-7-12(15(19)9-13)10-18-14-5-3-4-6-16(14)23/h3-10,19,23H,2,11H2,1H3. The van der Waals surface area contributed by atoms with Crippen LogP contribution in [-0.4, -0.2) is 30.5 Å². The fourth-order valence-corrected chi connectivity index (χ4v) is 2.00. The van der Waals surface area contributed by atoms with Crippen LogP contribution in [0.1, 0.15) is 12.5 Å². The Labute approximate surface area is 140 Å². The molecule has 0 aliphatic rings. The zero-order valence-electron chi connectivity index (χ0n) is 12.6. The minimum Gasteiger partial charge on any atom is -0.507 e. The van der Waals surface area contributed by atoms with E-state index < -0.39 is 5.97 Å². The van der Waals surface area contributed by atoms with Gasteiger partial charge in [0.2, 0.25) is 0 Å². The lowest BCUT2D eigenvalue weighted by molar-refractivity contribution is -0.145. The van der Waals surface area contributed by atoms with E-state index in [1.165, 1.54) is 6.07 Å². The maximum absolute atomic E-state index is 11.2. The number of phenols is 1. The van der Waals surface area contributed by atoms with Crippen LogP contribution in [0.3, 0.4) is 0 Å². The van der Waals surface area contributed by atoms with E-state index in [4.69, 9.17) is 9.47 Å². The Hall–Kier alpha value is -2.47. The zero-order chi connectivity index (χ0) is 16.7. The first-order valence-corrected chi connectivity index (χ1v) is 7.48. The summed E-state index contributed by atoms with van der Waals surface area (Å²) in [6.07, 6.45) is 1.54. The van der Waals surface area contributed by atoms with Gasteiger partial charge in [-0.15, -0.1) is 12.6 Å². The van der Waals surface area contributed by atoms with Crippen LogP contribution in [0.15, 0.2) is 52.4 Å². The Morgan fingerprint density at radius 3 is 2.78 bits per heavy atom. The van der Waals surface area contributed by atoms with Crippen molar-refractivity contribution in [2.45, 2.75) is 11.8 Å². The predicted molar refractivity (Wildman–Crippen MR) is 91.2 cm³/mol. The molecule has 0 aliphatic carbocycles. The van der Waals surface area contributed by atoms with Gasteiger partial charge >= 0.3 is 5.97 Å². The molecule has 5 nitrogen and oxygen atoms in total. The number of aliphatic imine (C=N–C) groups is 1. The van der Waals surface area contributed by atoms with Gasteiger partial charge in [-0.05, 0) is 31.2 Å². The summed E-state index contributed by atoms with van der Waals surface area (Å²) in [7, 11) is 0. The highest BCUT2D eigenvalue weighted by atomic mass is 32.1. The number of benzene rings is 2. The normalized spacial score (nSPS) is 10.7. The number of esters is 1. The smallest absolute Gasteiger partial charge is 0.344 e. The molecule has 2 aromatic carbocycles. The van der Waals surface area contributed by atoms with Crippen molar-refractivity contribution in [1.82, 2.24) is 0 Å². The topological polar surface area (TPSA) is 68.1 Å². The fraction of sp³-hybridized carbons (Fsp3) is 0.176. The molecule has 0 aliphatic heterocycles. The number of carbonyl (C=O) groups excluding carboxylic acids is 1. The zero-order valence-corrected chi connectivity index (χ0v) is 13.5. The Kier molecular flexibility index (Phi) is 6.05. The summed E-state index contributed by atoms with van der Waals surface area (Å²) in [5.41, 5.74) is 1.24. The molecule has 0 spiro atoms. The number of ether oxygens (including phenoxy) is 2. The van der Waals surface area contributed by atoms with Gasteiger partial charge in [0, 0.05) is 22.7 Å². The number of thiol groups is 1. The molecule has 0 bridgehead atoms. The van der Waals surface area contributed by atoms with E-state index in [1.807, 2.05) is 24.3 Å². The molecule has 0 atom stereocenters. The molecule has 0 aromatic heterocycles. The van der Waals surface area contributed by atoms with Crippen LogP contribution in [0.5, 0.6) is 11.5 Å². The molecule has 0 saturated carbocycles. The average Bonchev–Trinajstić information content (AvgIpc) is 2.54. The quantitative estimate of drug-likeness (QED) is 0.484. The van der Waals surface area contributed by atoms with Crippen LogP contribution in [0, 0.1) is 0 Å². The minimum absolute atomic E-state index is 0.00625. The summed E-state index contributed by atoms with van der Waals surface area (Å²) in [6, 6.07) is 12.1. The van der Waals surface area contributed by atoms with Gasteiger partial charge in [-0.2, -0.15) is 0 Å². The van der Waals surface area contributed by atoms with Crippen LogP contribution in [0.4, 0.5) is 5.69 Å². The maximum Gasteiger partial charge on any atom is 0.344 e. The third-order valence-corrected chi connectivity index (χ3v) is 3.27. The Balaban J connectivity index is 2.05. The van der Waals surface area contributed by atoms with Crippen molar-refractivity contribution in [2.24, 2.45) is 4.99 Å². The molecule has 0 heterocycles. The lowest BCUT2D eigenvalue weighted by atomic mass is 10.2. The number of carbonyl (C=O) groups is 1. The largest absolute Gasteiger partial charge is 0.507 e. The first kappa shape index (κ1) is 16.9. The average molecular weight is 331 g/mol. The number of aromatic hydroxyl groups is 1. The summed E-state index contributed by atoms with van der Waals surface area (Å²) in [6.45, 7) is 1.82. The molecule has 0 saturated heterocycles. The van der Waals surface area contributed by atoms with E-state index in [0.717, 1.165) is 4.90 Å². The van der Waals surface area contributed by atoms with Crippen molar-refractivity contribution in [3.8, 4) is 11.5 Å². The van der Waals surface area contributed by atoms with Crippen molar-refractivity contribution in [3.05, 3.63) is 48.0 Å². The first-order chi connectivity index (χ1) is 11.1. The fourth-order valence-electron chi connectivity index (χ4n) is 1.78. The number of hydrogen-bond acceptors (Lipinski definition) is 6. The highest BCUT2D eigenvalue weighted by molar-refractivity contribution is 7.80. The highest BCUT2D eigenvalue weighted by Gasteiger charge is 2.06. The molecule has 0 amide bonds. The molecule has 2 rings (SSSR count). The van der Waals surface area contributed by atoms with Gasteiger partial charge in [-0.1, -0.05) is 12.1 Å². The van der Waals surface area contributed by atoms with Crippen LogP contribution in [0.25, 0.3) is 0 Å². The lowest BCUT2D eigenvalue weighted by Gasteiger charge is -2.07. The molecule has 2 aromatic rings. The molecule has 6 heteroatoms. The Bertz CT molecular complexity index is 715. The van der Waals surface area contributed by atoms with Gasteiger partial charge in [0.1, 0.15) is 11.5 Å². The van der Waals surface area contributed by atoms with E-state index in [1.54, 1.807) is 25.3 Å². The van der Waals surface area contributed by atoms with Gasteiger partial charge in [0.05, 0.1) is 12.3 Å². The van der Waals surface area contributed by atoms with E-state index in [0.29, 0.717) is 23.6 Å². The van der Waals surface area contributed by atoms with Crippen molar-refractivity contribution >= 4 is 30.5 Å². The third kappa shape index (κ3) is 5.03.